The van der Waals surface area contributed by atoms with Crippen LogP contribution in [0.2, 0.25) is 0 Å². The molecule has 3 rings (SSSR count). The standard InChI is InChI=1S/C17H26N4O2/c22-9-8-21-7-6-14-15(11-21)18-12-19-17(14)20-16(23)10-13-4-2-1-3-5-13/h12-13,22H,1-11H2,(H,18,19,20,23). The molecule has 2 aliphatic rings. The van der Waals surface area contributed by atoms with E-state index in [0.717, 1.165) is 24.2 Å². The van der Waals surface area contributed by atoms with Gasteiger partial charge in [0.15, 0.2) is 0 Å². The van der Waals surface area contributed by atoms with E-state index in [-0.39, 0.29) is 12.5 Å². The minimum absolute atomic E-state index is 0.0792. The van der Waals surface area contributed by atoms with E-state index in [1.807, 2.05) is 0 Å². The molecule has 126 valence electrons. The molecule has 0 atom stereocenters. The Morgan fingerprint density at radius 1 is 1.30 bits per heavy atom. The van der Waals surface area contributed by atoms with E-state index in [2.05, 4.69) is 20.2 Å². The van der Waals surface area contributed by atoms with Gasteiger partial charge in [-0.25, -0.2) is 9.97 Å². The van der Waals surface area contributed by atoms with Crippen LogP contribution in [0.5, 0.6) is 0 Å². The summed E-state index contributed by atoms with van der Waals surface area (Å²) in [4.78, 5) is 23.1. The van der Waals surface area contributed by atoms with Gasteiger partial charge in [-0.05, 0) is 25.2 Å². The maximum absolute atomic E-state index is 12.3. The monoisotopic (exact) mass is 318 g/mol. The summed E-state index contributed by atoms with van der Waals surface area (Å²) in [5, 5.41) is 12.1. The fourth-order valence-corrected chi connectivity index (χ4v) is 3.69. The van der Waals surface area contributed by atoms with Crippen molar-refractivity contribution in [3.8, 4) is 0 Å². The minimum Gasteiger partial charge on any atom is -0.395 e. The van der Waals surface area contributed by atoms with Crippen LogP contribution in [0.3, 0.4) is 0 Å². The molecule has 0 aromatic carbocycles. The molecule has 0 saturated heterocycles. The number of aliphatic hydroxyl groups excluding tert-OH is 1. The third-order valence-corrected chi connectivity index (χ3v) is 4.96. The molecule has 23 heavy (non-hydrogen) atoms. The molecule has 1 aromatic heterocycles. The molecular weight excluding hydrogens is 292 g/mol. The highest BCUT2D eigenvalue weighted by Crippen LogP contribution is 2.27. The summed E-state index contributed by atoms with van der Waals surface area (Å²) in [5.74, 6) is 1.29. The Balaban J connectivity index is 1.62. The number of amides is 1. The van der Waals surface area contributed by atoms with Gasteiger partial charge in [-0.3, -0.25) is 9.69 Å². The van der Waals surface area contributed by atoms with Gasteiger partial charge in [0.25, 0.3) is 0 Å². The Morgan fingerprint density at radius 3 is 2.91 bits per heavy atom. The van der Waals surface area contributed by atoms with Crippen LogP contribution in [0.15, 0.2) is 6.33 Å². The highest BCUT2D eigenvalue weighted by atomic mass is 16.3. The molecule has 0 spiro atoms. The topological polar surface area (TPSA) is 78.4 Å². The second-order valence-electron chi connectivity index (χ2n) is 6.65. The van der Waals surface area contributed by atoms with E-state index in [0.29, 0.717) is 31.2 Å². The second kappa shape index (κ2) is 7.84. The highest BCUT2D eigenvalue weighted by Gasteiger charge is 2.22. The first-order valence-electron chi connectivity index (χ1n) is 8.72. The predicted molar refractivity (Wildman–Crippen MR) is 87.9 cm³/mol. The number of aromatic nitrogens is 2. The number of anilines is 1. The number of β-amino-alcohol motifs (C(OH)–C–C–N with tert-alkyl or cyclic N) is 1. The van der Waals surface area contributed by atoms with Crippen molar-refractivity contribution in [1.82, 2.24) is 14.9 Å². The summed E-state index contributed by atoms with van der Waals surface area (Å²) in [6, 6.07) is 0. The molecule has 2 N–H and O–H groups in total. The summed E-state index contributed by atoms with van der Waals surface area (Å²) in [6.07, 6.45) is 9.10. The van der Waals surface area contributed by atoms with E-state index < -0.39 is 0 Å². The van der Waals surface area contributed by atoms with Crippen molar-refractivity contribution in [1.29, 1.82) is 0 Å². The van der Waals surface area contributed by atoms with Gasteiger partial charge in [0.05, 0.1) is 12.3 Å². The summed E-state index contributed by atoms with van der Waals surface area (Å²) in [5.41, 5.74) is 2.02. The highest BCUT2D eigenvalue weighted by molar-refractivity contribution is 5.90. The van der Waals surface area contributed by atoms with Gasteiger partial charge < -0.3 is 10.4 Å². The van der Waals surface area contributed by atoms with Crippen molar-refractivity contribution in [3.63, 3.8) is 0 Å². The van der Waals surface area contributed by atoms with E-state index in [1.54, 1.807) is 0 Å². The molecule has 0 radical (unpaired) electrons. The molecule has 1 aliphatic heterocycles. The average Bonchev–Trinajstić information content (AvgIpc) is 2.56. The molecule has 0 unspecified atom stereocenters. The number of hydrogen-bond acceptors (Lipinski definition) is 5. The van der Waals surface area contributed by atoms with Crippen molar-refractivity contribution in [3.05, 3.63) is 17.6 Å². The Kier molecular flexibility index (Phi) is 5.56. The van der Waals surface area contributed by atoms with Crippen LogP contribution in [0.1, 0.15) is 49.8 Å². The number of nitrogens with one attached hydrogen (secondary N) is 1. The maximum atomic E-state index is 12.3. The van der Waals surface area contributed by atoms with Gasteiger partial charge in [0.2, 0.25) is 5.91 Å². The fraction of sp³-hybridized carbons (Fsp3) is 0.706. The minimum atomic E-state index is 0.0792. The lowest BCUT2D eigenvalue weighted by atomic mass is 9.87. The number of fused-ring (bicyclic) bond motifs is 1. The van der Waals surface area contributed by atoms with Crippen molar-refractivity contribution in [2.45, 2.75) is 51.5 Å². The summed E-state index contributed by atoms with van der Waals surface area (Å²) in [6.45, 7) is 2.40. The number of carbonyl (C=O) groups excluding carboxylic acids is 1. The van der Waals surface area contributed by atoms with Crippen molar-refractivity contribution in [2.75, 3.05) is 25.0 Å². The second-order valence-corrected chi connectivity index (χ2v) is 6.65. The molecule has 1 saturated carbocycles. The van der Waals surface area contributed by atoms with Gasteiger partial charge in [-0.15, -0.1) is 0 Å². The normalized spacial score (nSPS) is 19.3. The molecule has 1 aromatic rings. The molecular formula is C17H26N4O2. The number of rotatable bonds is 5. The van der Waals surface area contributed by atoms with Crippen molar-refractivity contribution in [2.24, 2.45) is 5.92 Å². The van der Waals surface area contributed by atoms with Crippen LogP contribution in [-0.4, -0.2) is 45.6 Å². The van der Waals surface area contributed by atoms with Crippen molar-refractivity contribution >= 4 is 11.7 Å². The zero-order valence-corrected chi connectivity index (χ0v) is 13.6. The predicted octanol–water partition coefficient (Wildman–Crippen LogP) is 1.74. The van der Waals surface area contributed by atoms with Crippen LogP contribution >= 0.6 is 0 Å². The van der Waals surface area contributed by atoms with Gasteiger partial charge in [-0.2, -0.15) is 0 Å². The fourth-order valence-electron chi connectivity index (χ4n) is 3.69. The lowest BCUT2D eigenvalue weighted by Crippen LogP contribution is -2.34. The Bertz CT molecular complexity index is 543. The number of nitrogens with zero attached hydrogens (tertiary/aromatic N) is 3. The first kappa shape index (κ1) is 16.3. The molecule has 2 heterocycles. The summed E-state index contributed by atoms with van der Waals surface area (Å²) >= 11 is 0. The third kappa shape index (κ3) is 4.26. The molecule has 6 heteroatoms. The summed E-state index contributed by atoms with van der Waals surface area (Å²) < 4.78 is 0. The zero-order valence-electron chi connectivity index (χ0n) is 13.6. The Labute approximate surface area is 137 Å². The SMILES string of the molecule is O=C(CC1CCCCC1)Nc1ncnc2c1CCN(CCO)C2. The number of aliphatic hydroxyl groups is 1. The van der Waals surface area contributed by atoms with Crippen LogP contribution in [0.4, 0.5) is 5.82 Å². The number of hydrogen-bond donors (Lipinski definition) is 2. The van der Waals surface area contributed by atoms with Crippen LogP contribution in [-0.2, 0) is 17.8 Å². The largest absolute Gasteiger partial charge is 0.395 e. The van der Waals surface area contributed by atoms with Crippen LogP contribution in [0.25, 0.3) is 0 Å². The van der Waals surface area contributed by atoms with E-state index in [1.165, 1.54) is 38.4 Å². The van der Waals surface area contributed by atoms with Gasteiger partial charge in [0, 0.05) is 31.6 Å². The molecule has 1 aliphatic carbocycles. The van der Waals surface area contributed by atoms with E-state index in [9.17, 15) is 4.79 Å². The lowest BCUT2D eigenvalue weighted by molar-refractivity contribution is -0.117. The number of carbonyl (C=O) groups is 1. The third-order valence-electron chi connectivity index (χ3n) is 4.96. The Hall–Kier alpha value is -1.53. The maximum Gasteiger partial charge on any atom is 0.225 e. The lowest BCUT2D eigenvalue weighted by Gasteiger charge is -2.28. The van der Waals surface area contributed by atoms with Crippen LogP contribution < -0.4 is 5.32 Å². The van der Waals surface area contributed by atoms with Gasteiger partial charge in [-0.1, -0.05) is 19.3 Å². The zero-order chi connectivity index (χ0) is 16.1. The van der Waals surface area contributed by atoms with E-state index >= 15 is 0 Å². The first-order chi connectivity index (χ1) is 11.3. The van der Waals surface area contributed by atoms with Gasteiger partial charge >= 0.3 is 0 Å². The quantitative estimate of drug-likeness (QED) is 0.864. The molecule has 1 fully saturated rings. The smallest absolute Gasteiger partial charge is 0.225 e. The molecule has 6 nitrogen and oxygen atoms in total. The average molecular weight is 318 g/mol. The molecule has 0 bridgehead atoms. The molecule has 1 amide bonds. The summed E-state index contributed by atoms with van der Waals surface area (Å²) in [7, 11) is 0. The Morgan fingerprint density at radius 2 is 2.13 bits per heavy atom. The van der Waals surface area contributed by atoms with Gasteiger partial charge in [0.1, 0.15) is 12.1 Å². The first-order valence-corrected chi connectivity index (χ1v) is 8.72. The van der Waals surface area contributed by atoms with Crippen LogP contribution in [0, 0.1) is 5.92 Å². The van der Waals surface area contributed by atoms with E-state index in [4.69, 9.17) is 5.11 Å². The van der Waals surface area contributed by atoms with Crippen molar-refractivity contribution < 1.29 is 9.90 Å².